The molecule has 1 heterocycles. The van der Waals surface area contributed by atoms with Gasteiger partial charge >= 0.3 is 0 Å². The molecular weight excluding hydrogens is 247 g/mol. The molecule has 0 spiro atoms. The normalized spacial score (nSPS) is 12.6. The van der Waals surface area contributed by atoms with E-state index >= 15 is 0 Å². The van der Waals surface area contributed by atoms with Crippen LogP contribution in [0.1, 0.15) is 29.2 Å². The van der Waals surface area contributed by atoms with Crippen LogP contribution in [0.5, 0.6) is 0 Å². The molecular formula is C14H17FN2S. The Hall–Kier alpha value is -1.26. The minimum atomic E-state index is -0.151. The lowest BCUT2D eigenvalue weighted by Crippen LogP contribution is -2.22. The van der Waals surface area contributed by atoms with E-state index in [4.69, 9.17) is 0 Å². The summed E-state index contributed by atoms with van der Waals surface area (Å²) in [6.45, 7) is 4.78. The third-order valence-electron chi connectivity index (χ3n) is 2.87. The van der Waals surface area contributed by atoms with Crippen molar-refractivity contribution in [2.75, 3.05) is 6.54 Å². The summed E-state index contributed by atoms with van der Waals surface area (Å²) in [6, 6.07) is 6.91. The van der Waals surface area contributed by atoms with Crippen LogP contribution in [-0.4, -0.2) is 11.5 Å². The Labute approximate surface area is 111 Å². The maximum Gasteiger partial charge on any atom is 0.127 e. The molecule has 2 nitrogen and oxygen atoms in total. The lowest BCUT2D eigenvalue weighted by molar-refractivity contribution is 0.529. The first-order valence-corrected chi connectivity index (χ1v) is 6.93. The molecule has 0 saturated heterocycles. The van der Waals surface area contributed by atoms with Crippen molar-refractivity contribution in [3.63, 3.8) is 0 Å². The summed E-state index contributed by atoms with van der Waals surface area (Å²) in [6.07, 6.45) is 0.878. The molecule has 0 fully saturated rings. The molecule has 1 N–H and O–H groups in total. The Balaban J connectivity index is 1.85. The highest BCUT2D eigenvalue weighted by Gasteiger charge is 2.09. The fourth-order valence-corrected chi connectivity index (χ4v) is 2.52. The molecule has 1 unspecified atom stereocenters. The zero-order chi connectivity index (χ0) is 13.0. The van der Waals surface area contributed by atoms with Gasteiger partial charge in [-0.05, 0) is 19.9 Å². The van der Waals surface area contributed by atoms with Gasteiger partial charge in [-0.25, -0.2) is 9.37 Å². The van der Waals surface area contributed by atoms with Crippen LogP contribution in [0.25, 0.3) is 0 Å². The third-order valence-corrected chi connectivity index (χ3v) is 3.69. The van der Waals surface area contributed by atoms with Crippen molar-refractivity contribution in [3.05, 3.63) is 51.7 Å². The number of hydrogen-bond acceptors (Lipinski definition) is 3. The van der Waals surface area contributed by atoms with Crippen LogP contribution in [0.3, 0.4) is 0 Å². The van der Waals surface area contributed by atoms with Crippen LogP contribution in [0.2, 0.25) is 0 Å². The van der Waals surface area contributed by atoms with E-state index in [1.54, 1.807) is 17.4 Å². The number of halogens is 1. The second-order valence-corrected chi connectivity index (χ2v) is 5.37. The minimum Gasteiger partial charge on any atom is -0.310 e. The second-order valence-electron chi connectivity index (χ2n) is 4.31. The Morgan fingerprint density at radius 3 is 2.83 bits per heavy atom. The molecule has 0 saturated carbocycles. The van der Waals surface area contributed by atoms with E-state index in [2.05, 4.69) is 15.7 Å². The van der Waals surface area contributed by atoms with Crippen molar-refractivity contribution in [2.24, 2.45) is 0 Å². The molecule has 96 valence electrons. The summed E-state index contributed by atoms with van der Waals surface area (Å²) >= 11 is 1.66. The van der Waals surface area contributed by atoms with Gasteiger partial charge in [0.2, 0.25) is 0 Å². The fourth-order valence-electron chi connectivity index (χ4n) is 1.88. The van der Waals surface area contributed by atoms with E-state index in [0.29, 0.717) is 5.56 Å². The lowest BCUT2D eigenvalue weighted by Gasteiger charge is -2.14. The standard InChI is InChI=1S/C14H17FN2S/c1-10(13-5-3-4-6-14(13)15)16-8-7-12-9-18-11(2)17-12/h3-6,9-10,16H,7-8H2,1-2H3. The van der Waals surface area contributed by atoms with Gasteiger partial charge in [-0.3, -0.25) is 0 Å². The van der Waals surface area contributed by atoms with Crippen LogP contribution in [-0.2, 0) is 6.42 Å². The van der Waals surface area contributed by atoms with Gasteiger partial charge in [0.1, 0.15) is 5.82 Å². The molecule has 0 aliphatic heterocycles. The monoisotopic (exact) mass is 264 g/mol. The topological polar surface area (TPSA) is 24.9 Å². The SMILES string of the molecule is Cc1nc(CCNC(C)c2ccccc2F)cs1. The third kappa shape index (κ3) is 3.37. The summed E-state index contributed by atoms with van der Waals surface area (Å²) in [7, 11) is 0. The van der Waals surface area contributed by atoms with Crippen molar-refractivity contribution >= 4 is 11.3 Å². The molecule has 18 heavy (non-hydrogen) atoms. The zero-order valence-corrected chi connectivity index (χ0v) is 11.4. The summed E-state index contributed by atoms with van der Waals surface area (Å²) in [4.78, 5) is 4.40. The first-order valence-electron chi connectivity index (χ1n) is 6.05. The molecule has 1 aromatic heterocycles. The Bertz CT molecular complexity index is 510. The van der Waals surface area contributed by atoms with E-state index in [0.717, 1.165) is 23.7 Å². The molecule has 0 bridgehead atoms. The molecule has 0 amide bonds. The summed E-state index contributed by atoms with van der Waals surface area (Å²) in [5.41, 5.74) is 1.82. The van der Waals surface area contributed by atoms with E-state index in [9.17, 15) is 4.39 Å². The van der Waals surface area contributed by atoms with Gasteiger partial charge in [-0.15, -0.1) is 11.3 Å². The molecule has 1 atom stereocenters. The number of thiazole rings is 1. The van der Waals surface area contributed by atoms with Crippen LogP contribution < -0.4 is 5.32 Å². The van der Waals surface area contributed by atoms with Crippen molar-refractivity contribution in [2.45, 2.75) is 26.3 Å². The molecule has 4 heteroatoms. The molecule has 1 aromatic carbocycles. The number of hydrogen-bond donors (Lipinski definition) is 1. The molecule has 2 aromatic rings. The average molecular weight is 264 g/mol. The second kappa shape index (κ2) is 6.07. The molecule has 2 rings (SSSR count). The first kappa shape index (κ1) is 13.2. The van der Waals surface area contributed by atoms with Crippen molar-refractivity contribution in [1.82, 2.24) is 10.3 Å². The molecule has 0 aliphatic carbocycles. The largest absolute Gasteiger partial charge is 0.310 e. The summed E-state index contributed by atoms with van der Waals surface area (Å²) < 4.78 is 13.5. The van der Waals surface area contributed by atoms with Crippen LogP contribution in [0.15, 0.2) is 29.6 Å². The Morgan fingerprint density at radius 1 is 1.39 bits per heavy atom. The van der Waals surface area contributed by atoms with E-state index in [1.165, 1.54) is 6.07 Å². The molecule has 0 radical (unpaired) electrons. The van der Waals surface area contributed by atoms with Crippen molar-refractivity contribution in [1.29, 1.82) is 0 Å². The maximum atomic E-state index is 13.5. The van der Waals surface area contributed by atoms with Crippen LogP contribution in [0, 0.1) is 12.7 Å². The zero-order valence-electron chi connectivity index (χ0n) is 10.6. The number of nitrogens with zero attached hydrogens (tertiary/aromatic N) is 1. The highest BCUT2D eigenvalue weighted by atomic mass is 32.1. The van der Waals surface area contributed by atoms with Gasteiger partial charge in [0.05, 0.1) is 10.7 Å². The highest BCUT2D eigenvalue weighted by Crippen LogP contribution is 2.16. The van der Waals surface area contributed by atoms with Gasteiger partial charge in [-0.2, -0.15) is 0 Å². The number of aromatic nitrogens is 1. The van der Waals surface area contributed by atoms with Crippen molar-refractivity contribution < 1.29 is 4.39 Å². The van der Waals surface area contributed by atoms with E-state index in [1.807, 2.05) is 26.0 Å². The minimum absolute atomic E-state index is 0.0194. The summed E-state index contributed by atoms with van der Waals surface area (Å²) in [5, 5.41) is 6.49. The summed E-state index contributed by atoms with van der Waals surface area (Å²) in [5.74, 6) is -0.151. The van der Waals surface area contributed by atoms with Crippen molar-refractivity contribution in [3.8, 4) is 0 Å². The number of benzene rings is 1. The predicted molar refractivity (Wildman–Crippen MR) is 73.4 cm³/mol. The average Bonchev–Trinajstić information content (AvgIpc) is 2.75. The Kier molecular flexibility index (Phi) is 4.44. The first-order chi connectivity index (χ1) is 8.66. The van der Waals surface area contributed by atoms with E-state index < -0.39 is 0 Å². The maximum absolute atomic E-state index is 13.5. The van der Waals surface area contributed by atoms with E-state index in [-0.39, 0.29) is 11.9 Å². The van der Waals surface area contributed by atoms with Crippen LogP contribution >= 0.6 is 11.3 Å². The van der Waals surface area contributed by atoms with Gasteiger partial charge in [0, 0.05) is 30.0 Å². The predicted octanol–water partition coefficient (Wildman–Crippen LogP) is 3.48. The van der Waals surface area contributed by atoms with Gasteiger partial charge in [-0.1, -0.05) is 18.2 Å². The van der Waals surface area contributed by atoms with Gasteiger partial charge in [0.15, 0.2) is 0 Å². The number of nitrogens with one attached hydrogen (secondary N) is 1. The number of rotatable bonds is 5. The number of aryl methyl sites for hydroxylation is 1. The van der Waals surface area contributed by atoms with Gasteiger partial charge < -0.3 is 5.32 Å². The van der Waals surface area contributed by atoms with Gasteiger partial charge in [0.25, 0.3) is 0 Å². The lowest BCUT2D eigenvalue weighted by atomic mass is 10.1. The quantitative estimate of drug-likeness (QED) is 0.894. The fraction of sp³-hybridized carbons (Fsp3) is 0.357. The smallest absolute Gasteiger partial charge is 0.127 e. The Morgan fingerprint density at radius 2 is 2.17 bits per heavy atom. The highest BCUT2D eigenvalue weighted by molar-refractivity contribution is 7.09. The molecule has 0 aliphatic rings. The van der Waals surface area contributed by atoms with Crippen LogP contribution in [0.4, 0.5) is 4.39 Å².